The van der Waals surface area contributed by atoms with Crippen molar-refractivity contribution in [3.63, 3.8) is 0 Å². The van der Waals surface area contributed by atoms with E-state index < -0.39 is 0 Å². The van der Waals surface area contributed by atoms with Crippen molar-refractivity contribution < 1.29 is 37.5 Å². The van der Waals surface area contributed by atoms with Crippen molar-refractivity contribution in [2.24, 2.45) is 0 Å². The van der Waals surface area contributed by atoms with Crippen molar-refractivity contribution in [1.82, 2.24) is 14.7 Å². The van der Waals surface area contributed by atoms with Crippen LogP contribution in [0.2, 0.25) is 0 Å². The summed E-state index contributed by atoms with van der Waals surface area (Å²) in [7, 11) is 3.84. The third kappa shape index (κ3) is 4.24. The van der Waals surface area contributed by atoms with Crippen LogP contribution in [0.1, 0.15) is 23.4 Å². The van der Waals surface area contributed by atoms with Crippen LogP contribution in [0, 0.1) is 6.92 Å². The summed E-state index contributed by atoms with van der Waals surface area (Å²) in [5.41, 5.74) is 4.43. The van der Waals surface area contributed by atoms with Gasteiger partial charge in [0, 0.05) is 70.8 Å². The maximum absolute atomic E-state index is 11.0. The van der Waals surface area contributed by atoms with Crippen molar-refractivity contribution in [3.8, 4) is 0 Å². The van der Waals surface area contributed by atoms with Gasteiger partial charge in [-0.3, -0.25) is 9.48 Å². The van der Waals surface area contributed by atoms with Gasteiger partial charge in [-0.15, -0.1) is 13.1 Å². The molecule has 0 atom stereocenters. The molecule has 1 aliphatic heterocycles. The number of carbonyl (C=O) groups excluding carboxylic acids is 1. The molecule has 0 saturated heterocycles. The minimum absolute atomic E-state index is 0. The van der Waals surface area contributed by atoms with Gasteiger partial charge < -0.3 is 10.2 Å². The van der Waals surface area contributed by atoms with Crippen molar-refractivity contribution in [1.29, 1.82) is 0 Å². The van der Waals surface area contributed by atoms with Crippen molar-refractivity contribution in [2.45, 2.75) is 32.9 Å². The van der Waals surface area contributed by atoms with Crippen LogP contribution in [-0.4, -0.2) is 41.6 Å². The van der Waals surface area contributed by atoms with Gasteiger partial charge >= 0.3 is 0 Å². The molecule has 1 aromatic rings. The number of rotatable bonds is 5. The Hall–Kier alpha value is -0.516. The van der Waals surface area contributed by atoms with E-state index in [9.17, 15) is 4.79 Å². The Balaban J connectivity index is 0.00000200. The molecule has 0 N–H and O–H groups in total. The molecule has 20 heavy (non-hydrogen) atoms. The molecule has 1 aromatic heterocycles. The molecule has 107 valence electrons. The zero-order valence-electron chi connectivity index (χ0n) is 12.5. The number of aromatic nitrogens is 2. The van der Waals surface area contributed by atoms with Crippen molar-refractivity contribution >= 4 is 6.29 Å². The molecule has 0 aliphatic carbocycles. The fourth-order valence-corrected chi connectivity index (χ4v) is 2.37. The average Bonchev–Trinajstić information content (AvgIpc) is 2.71. The summed E-state index contributed by atoms with van der Waals surface area (Å²) in [6.45, 7) is 4.50. The van der Waals surface area contributed by atoms with Gasteiger partial charge in [0.2, 0.25) is 0 Å². The van der Waals surface area contributed by atoms with Crippen LogP contribution >= 0.6 is 0 Å². The summed E-state index contributed by atoms with van der Waals surface area (Å²) in [6.07, 6.45) is 4.44. The minimum Gasteiger partial charge on any atom is -0.658 e. The molecule has 2 rings (SSSR count). The summed E-state index contributed by atoms with van der Waals surface area (Å²) in [4.78, 5) is 12.9. The second-order valence-electron chi connectivity index (χ2n) is 5.12. The number of hydrogen-bond donors (Lipinski definition) is 0. The normalized spacial score (nSPS) is 14.4. The number of aryl methyl sites for hydroxylation is 1. The SMILES string of the molecule is Cc1c2c(nn1CC/C(C=O)=C\N(C)C)CC[N-]C2.[Y]. The van der Waals surface area contributed by atoms with E-state index in [1.54, 1.807) is 0 Å². The summed E-state index contributed by atoms with van der Waals surface area (Å²) >= 11 is 0. The van der Waals surface area contributed by atoms with Gasteiger partial charge in [-0.05, 0) is 25.3 Å². The van der Waals surface area contributed by atoms with Crippen LogP contribution in [0.5, 0.6) is 0 Å². The Morgan fingerprint density at radius 1 is 1.50 bits per heavy atom. The van der Waals surface area contributed by atoms with Crippen molar-refractivity contribution in [2.75, 3.05) is 20.6 Å². The Bertz CT molecular complexity index is 494. The average molecular weight is 350 g/mol. The maximum atomic E-state index is 11.0. The third-order valence-corrected chi connectivity index (χ3v) is 3.38. The molecule has 0 amide bonds. The quantitative estimate of drug-likeness (QED) is 0.599. The van der Waals surface area contributed by atoms with Crippen molar-refractivity contribution in [3.05, 3.63) is 34.0 Å². The molecular formula is C14H21N4OY-. The number of aldehydes is 1. The number of allylic oxidation sites excluding steroid dienone is 1. The van der Waals surface area contributed by atoms with E-state index in [0.29, 0.717) is 6.42 Å². The summed E-state index contributed by atoms with van der Waals surface area (Å²) in [6, 6.07) is 0. The van der Waals surface area contributed by atoms with Gasteiger partial charge in [0.25, 0.3) is 0 Å². The second kappa shape index (κ2) is 8.06. The number of carbonyl (C=O) groups is 1. The Kier molecular flexibility index (Phi) is 7.06. The zero-order chi connectivity index (χ0) is 13.8. The number of nitrogens with zero attached hydrogens (tertiary/aromatic N) is 4. The largest absolute Gasteiger partial charge is 0.658 e. The predicted octanol–water partition coefficient (Wildman–Crippen LogP) is 1.65. The van der Waals surface area contributed by atoms with E-state index in [-0.39, 0.29) is 32.7 Å². The van der Waals surface area contributed by atoms with E-state index >= 15 is 0 Å². The Morgan fingerprint density at radius 2 is 2.25 bits per heavy atom. The van der Waals surface area contributed by atoms with E-state index in [0.717, 1.165) is 37.9 Å². The van der Waals surface area contributed by atoms with Gasteiger partial charge in [0.05, 0.1) is 5.69 Å². The standard InChI is InChI=1S/C14H21N4O.Y/c1-11-13-8-15-6-4-14(13)16-18(11)7-5-12(10-19)9-17(2)3;/h9-10H,4-8H2,1-3H3;/q-1;/b12-9+;. The van der Waals surface area contributed by atoms with Gasteiger partial charge in [-0.2, -0.15) is 5.10 Å². The summed E-state index contributed by atoms with van der Waals surface area (Å²) in [5, 5.41) is 9.05. The predicted molar refractivity (Wildman–Crippen MR) is 75.0 cm³/mol. The fourth-order valence-electron chi connectivity index (χ4n) is 2.37. The summed E-state index contributed by atoms with van der Waals surface area (Å²) < 4.78 is 2.01. The van der Waals surface area contributed by atoms with Crippen LogP contribution in [-0.2, 0) is 57.0 Å². The minimum atomic E-state index is 0. The number of hydrogen-bond acceptors (Lipinski definition) is 3. The Morgan fingerprint density at radius 3 is 2.85 bits per heavy atom. The monoisotopic (exact) mass is 350 g/mol. The van der Waals surface area contributed by atoms with Gasteiger partial charge in [-0.25, -0.2) is 0 Å². The first-order valence-corrected chi connectivity index (χ1v) is 6.62. The van der Waals surface area contributed by atoms with Gasteiger partial charge in [-0.1, -0.05) is 0 Å². The Labute approximate surface area is 145 Å². The topological polar surface area (TPSA) is 52.2 Å². The van der Waals surface area contributed by atoms with Gasteiger partial charge in [0.15, 0.2) is 0 Å². The maximum Gasteiger partial charge on any atom is 0.147 e. The molecule has 0 aromatic carbocycles. The molecule has 0 unspecified atom stereocenters. The van der Waals surface area contributed by atoms with Gasteiger partial charge in [0.1, 0.15) is 6.29 Å². The molecule has 2 heterocycles. The smallest absolute Gasteiger partial charge is 0.147 e. The molecule has 0 saturated carbocycles. The van der Waals surface area contributed by atoms with Crippen LogP contribution in [0.15, 0.2) is 11.8 Å². The van der Waals surface area contributed by atoms with E-state index in [1.165, 1.54) is 17.0 Å². The second-order valence-corrected chi connectivity index (χ2v) is 5.12. The molecule has 0 fully saturated rings. The first-order chi connectivity index (χ1) is 9.11. The molecule has 1 radical (unpaired) electrons. The fraction of sp³-hybridized carbons (Fsp3) is 0.571. The van der Waals surface area contributed by atoms with E-state index in [4.69, 9.17) is 0 Å². The molecule has 5 nitrogen and oxygen atoms in total. The van der Waals surface area contributed by atoms with Crippen LogP contribution in [0.25, 0.3) is 5.32 Å². The zero-order valence-corrected chi connectivity index (χ0v) is 15.3. The first kappa shape index (κ1) is 17.5. The van der Waals surface area contributed by atoms with E-state index in [2.05, 4.69) is 17.3 Å². The van der Waals surface area contributed by atoms with Crippen LogP contribution < -0.4 is 0 Å². The first-order valence-electron chi connectivity index (χ1n) is 6.62. The molecular weight excluding hydrogens is 329 g/mol. The molecule has 0 spiro atoms. The van der Waals surface area contributed by atoms with E-state index in [1.807, 2.05) is 29.9 Å². The summed E-state index contributed by atoms with van der Waals surface area (Å²) in [5.74, 6) is 0. The molecule has 0 bridgehead atoms. The van der Waals surface area contributed by atoms with Crippen LogP contribution in [0.3, 0.4) is 0 Å². The molecule has 1 aliphatic rings. The third-order valence-electron chi connectivity index (χ3n) is 3.38. The van der Waals surface area contributed by atoms with Crippen LogP contribution in [0.4, 0.5) is 0 Å². The molecule has 6 heteroatoms. The number of fused-ring (bicyclic) bond motifs is 1.